The number of rotatable bonds is 8. The van der Waals surface area contributed by atoms with Crippen molar-refractivity contribution in [2.45, 2.75) is 65.8 Å². The molecule has 0 saturated heterocycles. The van der Waals surface area contributed by atoms with Gasteiger partial charge >= 0.3 is 0 Å². The van der Waals surface area contributed by atoms with Gasteiger partial charge in [-0.3, -0.25) is 0 Å². The third-order valence-electron chi connectivity index (χ3n) is 5.99. The number of hydrogen-bond donors (Lipinski definition) is 3. The van der Waals surface area contributed by atoms with Gasteiger partial charge in [0.2, 0.25) is 0 Å². The minimum Gasteiger partial charge on any atom is -0.396 e. The first kappa shape index (κ1) is 22.3. The van der Waals surface area contributed by atoms with Crippen LogP contribution in [0.25, 0.3) is 5.82 Å². The van der Waals surface area contributed by atoms with E-state index in [1.807, 2.05) is 36.9 Å². The fourth-order valence-electron chi connectivity index (χ4n) is 4.33. The molecule has 0 bridgehead atoms. The average Bonchev–Trinajstić information content (AvgIpc) is 3.09. The zero-order chi connectivity index (χ0) is 21.4. The van der Waals surface area contributed by atoms with E-state index in [0.717, 1.165) is 48.2 Å². The molecule has 0 spiro atoms. The van der Waals surface area contributed by atoms with E-state index in [4.69, 9.17) is 4.99 Å². The fourth-order valence-corrected chi connectivity index (χ4v) is 4.33. The lowest BCUT2D eigenvalue weighted by Gasteiger charge is -2.37. The lowest BCUT2D eigenvalue weighted by Crippen LogP contribution is -2.44. The van der Waals surface area contributed by atoms with Crippen LogP contribution in [0.5, 0.6) is 0 Å². The number of aliphatic hydroxyl groups is 1. The fraction of sp³-hybridized carbons (Fsp3) is 0.609. The molecule has 2 aromatic rings. The van der Waals surface area contributed by atoms with E-state index < -0.39 is 0 Å². The van der Waals surface area contributed by atoms with Crippen LogP contribution in [0.2, 0.25) is 0 Å². The Labute approximate surface area is 180 Å². The first-order valence-electron chi connectivity index (χ1n) is 11.2. The van der Waals surface area contributed by atoms with Gasteiger partial charge in [0.1, 0.15) is 0 Å². The molecule has 3 rings (SSSR count). The number of nitrogens with zero attached hydrogens (tertiary/aromatic N) is 4. The number of aliphatic imine (C=N–C) groups is 1. The molecule has 7 nitrogen and oxygen atoms in total. The van der Waals surface area contributed by atoms with Gasteiger partial charge in [0.25, 0.3) is 0 Å². The van der Waals surface area contributed by atoms with Crippen molar-refractivity contribution in [1.82, 2.24) is 25.4 Å². The predicted molar refractivity (Wildman–Crippen MR) is 121 cm³/mol. The predicted octanol–water partition coefficient (Wildman–Crippen LogP) is 3.27. The smallest absolute Gasteiger partial charge is 0.191 e. The highest BCUT2D eigenvalue weighted by Gasteiger charge is 2.31. The minimum absolute atomic E-state index is 0.187. The number of hydrogen-bond acceptors (Lipinski definition) is 4. The highest BCUT2D eigenvalue weighted by Crippen LogP contribution is 2.38. The van der Waals surface area contributed by atoms with Gasteiger partial charge in [0.05, 0.1) is 12.2 Å². The molecule has 2 heterocycles. The zero-order valence-electron chi connectivity index (χ0n) is 18.6. The van der Waals surface area contributed by atoms with Crippen LogP contribution in [-0.2, 0) is 6.54 Å². The normalized spacial score (nSPS) is 16.5. The summed E-state index contributed by atoms with van der Waals surface area (Å²) in [6, 6.07) is 6.09. The Hall–Kier alpha value is -2.41. The van der Waals surface area contributed by atoms with E-state index in [-0.39, 0.29) is 12.0 Å². The summed E-state index contributed by atoms with van der Waals surface area (Å²) in [7, 11) is 0. The second-order valence-electron chi connectivity index (χ2n) is 8.45. The summed E-state index contributed by atoms with van der Waals surface area (Å²) in [5.74, 6) is 1.64. The quantitative estimate of drug-likeness (QED) is 0.458. The van der Waals surface area contributed by atoms with Crippen molar-refractivity contribution >= 4 is 5.96 Å². The number of guanidine groups is 1. The molecule has 1 aliphatic carbocycles. The van der Waals surface area contributed by atoms with Crippen LogP contribution in [0.4, 0.5) is 0 Å². The molecular formula is C23H36N6O. The molecule has 2 aromatic heterocycles. The van der Waals surface area contributed by atoms with E-state index in [1.165, 1.54) is 32.1 Å². The first-order valence-corrected chi connectivity index (χ1v) is 11.2. The van der Waals surface area contributed by atoms with Gasteiger partial charge < -0.3 is 15.7 Å². The highest BCUT2D eigenvalue weighted by atomic mass is 16.3. The molecule has 3 N–H and O–H groups in total. The second kappa shape index (κ2) is 10.6. The van der Waals surface area contributed by atoms with Gasteiger partial charge in [-0.25, -0.2) is 14.7 Å². The van der Waals surface area contributed by atoms with E-state index in [1.54, 1.807) is 0 Å². The minimum atomic E-state index is 0.187. The number of aromatic nitrogens is 3. The SMILES string of the molecule is CCNC(=NCc1ccc(-n2nc(C)cc2C)nc1)NCC1(CCO)CCCCC1. The first-order chi connectivity index (χ1) is 14.5. The number of aliphatic hydroxyl groups excluding tert-OH is 1. The molecule has 0 radical (unpaired) electrons. The standard InChI is InChI=1S/C23H36N6O/c1-4-24-22(27-17-23(12-13-30)10-6-5-7-11-23)26-16-20-8-9-21(25-15-20)29-19(3)14-18(2)28-29/h8-9,14-15,30H,4-7,10-13,16-17H2,1-3H3,(H2,24,26,27). The van der Waals surface area contributed by atoms with Crippen molar-refractivity contribution in [2.75, 3.05) is 19.7 Å². The Morgan fingerprint density at radius 2 is 2.00 bits per heavy atom. The van der Waals surface area contributed by atoms with E-state index in [9.17, 15) is 5.11 Å². The Morgan fingerprint density at radius 1 is 1.20 bits per heavy atom. The summed E-state index contributed by atoms with van der Waals surface area (Å²) in [5.41, 5.74) is 3.30. The third-order valence-corrected chi connectivity index (χ3v) is 5.99. The van der Waals surface area contributed by atoms with Crippen LogP contribution in [0.1, 0.15) is 62.4 Å². The van der Waals surface area contributed by atoms with Gasteiger partial charge in [-0.2, -0.15) is 5.10 Å². The summed E-state index contributed by atoms with van der Waals surface area (Å²) >= 11 is 0. The van der Waals surface area contributed by atoms with Crippen molar-refractivity contribution in [1.29, 1.82) is 0 Å². The number of pyridine rings is 1. The van der Waals surface area contributed by atoms with Crippen LogP contribution in [0.15, 0.2) is 29.4 Å². The van der Waals surface area contributed by atoms with Crippen molar-refractivity contribution in [3.05, 3.63) is 41.3 Å². The Balaban J connectivity index is 1.63. The van der Waals surface area contributed by atoms with Crippen LogP contribution in [-0.4, -0.2) is 45.5 Å². The lowest BCUT2D eigenvalue weighted by atomic mass is 9.72. The maximum Gasteiger partial charge on any atom is 0.191 e. The molecule has 0 unspecified atom stereocenters. The third kappa shape index (κ3) is 5.81. The molecule has 1 saturated carbocycles. The Morgan fingerprint density at radius 3 is 2.60 bits per heavy atom. The maximum absolute atomic E-state index is 9.54. The summed E-state index contributed by atoms with van der Waals surface area (Å²) in [6.07, 6.45) is 8.90. The molecule has 30 heavy (non-hydrogen) atoms. The van der Waals surface area contributed by atoms with Crippen LogP contribution in [0.3, 0.4) is 0 Å². The van der Waals surface area contributed by atoms with Gasteiger partial charge in [0, 0.05) is 31.6 Å². The maximum atomic E-state index is 9.54. The summed E-state index contributed by atoms with van der Waals surface area (Å²) in [5, 5.41) is 20.9. The molecular weight excluding hydrogens is 376 g/mol. The number of nitrogens with one attached hydrogen (secondary N) is 2. The van der Waals surface area contributed by atoms with Crippen LogP contribution in [0, 0.1) is 19.3 Å². The Bertz CT molecular complexity index is 815. The van der Waals surface area contributed by atoms with Gasteiger partial charge in [-0.05, 0) is 63.1 Å². The van der Waals surface area contributed by atoms with Crippen molar-refractivity contribution < 1.29 is 5.11 Å². The molecule has 0 aliphatic heterocycles. The number of aryl methyl sites for hydroxylation is 2. The monoisotopic (exact) mass is 412 g/mol. The molecule has 164 valence electrons. The lowest BCUT2D eigenvalue weighted by molar-refractivity contribution is 0.131. The molecule has 1 fully saturated rings. The van der Waals surface area contributed by atoms with Crippen LogP contribution < -0.4 is 10.6 Å². The van der Waals surface area contributed by atoms with E-state index in [0.29, 0.717) is 6.54 Å². The van der Waals surface area contributed by atoms with Gasteiger partial charge in [-0.15, -0.1) is 0 Å². The van der Waals surface area contributed by atoms with E-state index >= 15 is 0 Å². The van der Waals surface area contributed by atoms with Gasteiger partial charge in [0.15, 0.2) is 11.8 Å². The topological polar surface area (TPSA) is 87.4 Å². The zero-order valence-corrected chi connectivity index (χ0v) is 18.6. The van der Waals surface area contributed by atoms with Crippen molar-refractivity contribution in [3.8, 4) is 5.82 Å². The summed E-state index contributed by atoms with van der Waals surface area (Å²) in [4.78, 5) is 9.32. The summed E-state index contributed by atoms with van der Waals surface area (Å²) < 4.78 is 1.86. The Kier molecular flexibility index (Phi) is 7.85. The molecule has 0 aromatic carbocycles. The molecule has 0 atom stereocenters. The summed E-state index contributed by atoms with van der Waals surface area (Å²) in [6.45, 7) is 8.58. The second-order valence-corrected chi connectivity index (χ2v) is 8.45. The van der Waals surface area contributed by atoms with Gasteiger partial charge in [-0.1, -0.05) is 25.3 Å². The molecule has 1 aliphatic rings. The highest BCUT2D eigenvalue weighted by molar-refractivity contribution is 5.79. The van der Waals surface area contributed by atoms with E-state index in [2.05, 4.69) is 33.7 Å². The van der Waals surface area contributed by atoms with Crippen molar-refractivity contribution in [3.63, 3.8) is 0 Å². The average molecular weight is 413 g/mol. The molecule has 7 heteroatoms. The van der Waals surface area contributed by atoms with Crippen LogP contribution >= 0.6 is 0 Å². The largest absolute Gasteiger partial charge is 0.396 e. The van der Waals surface area contributed by atoms with Crippen molar-refractivity contribution in [2.24, 2.45) is 10.4 Å². The molecule has 0 amide bonds.